The minimum Gasteiger partial charge on any atom is -0.270 e. The summed E-state index contributed by atoms with van der Waals surface area (Å²) in [6, 6.07) is 18.1. The summed E-state index contributed by atoms with van der Waals surface area (Å²) in [7, 11) is -3.75. The Hall–Kier alpha value is -4.75. The molecule has 3 aromatic carbocycles. The number of nitrogens with zero attached hydrogens (tertiary/aromatic N) is 4. The van der Waals surface area contributed by atoms with Crippen molar-refractivity contribution in [2.75, 3.05) is 0 Å². The molecule has 2 heterocycles. The van der Waals surface area contributed by atoms with Crippen LogP contribution in [0.15, 0.2) is 75.3 Å². The van der Waals surface area contributed by atoms with E-state index in [0.29, 0.717) is 23.5 Å². The van der Waals surface area contributed by atoms with Gasteiger partial charge in [-0.2, -0.15) is 9.94 Å². The second-order valence-corrected chi connectivity index (χ2v) is 12.5. The van der Waals surface area contributed by atoms with Crippen LogP contribution in [-0.4, -0.2) is 27.2 Å². The fourth-order valence-corrected chi connectivity index (χ4v) is 6.73. The van der Waals surface area contributed by atoms with Crippen molar-refractivity contribution in [3.8, 4) is 11.8 Å². The summed E-state index contributed by atoms with van der Waals surface area (Å²) in [6.07, 6.45) is 4.47. The number of benzene rings is 3. The molecule has 0 aliphatic heterocycles. The second-order valence-electron chi connectivity index (χ2n) is 10.7. The van der Waals surface area contributed by atoms with Crippen LogP contribution in [0, 0.1) is 32.1 Å². The van der Waals surface area contributed by atoms with Crippen LogP contribution in [0.25, 0.3) is 16.6 Å². The van der Waals surface area contributed by atoms with E-state index in [1.165, 1.54) is 3.97 Å². The van der Waals surface area contributed by atoms with Crippen molar-refractivity contribution in [3.63, 3.8) is 0 Å². The highest BCUT2D eigenvalue weighted by Gasteiger charge is 2.30. The van der Waals surface area contributed by atoms with Gasteiger partial charge < -0.3 is 0 Å². The topological polar surface area (TPSA) is 131 Å². The third-order valence-corrected chi connectivity index (χ3v) is 9.39. The summed E-state index contributed by atoms with van der Waals surface area (Å²) in [5.74, 6) is 0.353. The maximum absolute atomic E-state index is 13.6. The number of nitriles is 1. The number of H-pyrrole nitrogens is 1. The highest BCUT2D eigenvalue weighted by molar-refractivity contribution is 7.90. The Morgan fingerprint density at radius 2 is 1.68 bits per heavy atom. The molecule has 2 aromatic heterocycles. The second kappa shape index (κ2) is 9.71. The van der Waals surface area contributed by atoms with Crippen LogP contribution >= 0.6 is 0 Å². The maximum atomic E-state index is 13.6. The van der Waals surface area contributed by atoms with E-state index in [0.717, 1.165) is 56.3 Å². The molecule has 0 saturated heterocycles. The monoisotopic (exact) mass is 565 g/mol. The molecule has 1 N–H and O–H groups in total. The number of aromatic nitrogens is 4. The van der Waals surface area contributed by atoms with E-state index in [1.807, 2.05) is 32.9 Å². The van der Waals surface area contributed by atoms with Crippen LogP contribution in [0.1, 0.15) is 57.8 Å². The molecule has 6 rings (SSSR count). The third-order valence-electron chi connectivity index (χ3n) is 7.70. The van der Waals surface area contributed by atoms with E-state index < -0.39 is 21.3 Å². The summed E-state index contributed by atoms with van der Waals surface area (Å²) >= 11 is 0. The van der Waals surface area contributed by atoms with Crippen LogP contribution in [0.3, 0.4) is 0 Å². The lowest BCUT2D eigenvalue weighted by Crippen LogP contribution is -2.33. The van der Waals surface area contributed by atoms with Crippen molar-refractivity contribution in [1.82, 2.24) is 18.7 Å². The minimum atomic E-state index is -3.75. The Balaban J connectivity index is 1.39. The van der Waals surface area contributed by atoms with Gasteiger partial charge in [0.15, 0.2) is 0 Å². The van der Waals surface area contributed by atoms with E-state index in [2.05, 4.69) is 16.1 Å². The number of nitrogens with one attached hydrogen (secondary N) is 1. The molecular formula is C31H27N5O4S. The molecular weight excluding hydrogens is 538 g/mol. The molecule has 0 amide bonds. The first-order chi connectivity index (χ1) is 19.6. The van der Waals surface area contributed by atoms with Crippen LogP contribution in [-0.2, 0) is 16.4 Å². The standard InChI is InChI=1S/C31H27N5O4S/c1-18-4-9-24(10-5-18)41(39,40)35-17-27(22-7-8-22)26-15-21(6-11-29(26)35)14-25-19(2)12-23(13-20(25)3)36-31(38)33-30(37)28(16-32)34-36/h4-6,9-13,15,17,22H,7-8,14H2,1-3H3,(H,33,37,38). The van der Waals surface area contributed by atoms with Gasteiger partial charge in [-0.15, -0.1) is 5.10 Å². The lowest BCUT2D eigenvalue weighted by molar-refractivity contribution is 0.589. The summed E-state index contributed by atoms with van der Waals surface area (Å²) < 4.78 is 29.7. The Labute approximate surface area is 236 Å². The molecule has 0 bridgehead atoms. The summed E-state index contributed by atoms with van der Waals surface area (Å²) in [4.78, 5) is 26.5. The van der Waals surface area contributed by atoms with Gasteiger partial charge in [0.1, 0.15) is 6.07 Å². The van der Waals surface area contributed by atoms with E-state index in [1.54, 1.807) is 48.7 Å². The molecule has 9 nitrogen and oxygen atoms in total. The summed E-state index contributed by atoms with van der Waals surface area (Å²) in [5, 5.41) is 14.0. The zero-order valence-corrected chi connectivity index (χ0v) is 23.6. The van der Waals surface area contributed by atoms with E-state index >= 15 is 0 Å². The van der Waals surface area contributed by atoms with Gasteiger partial charge in [-0.25, -0.2) is 17.2 Å². The highest BCUT2D eigenvalue weighted by atomic mass is 32.2. The van der Waals surface area contributed by atoms with Crippen LogP contribution < -0.4 is 11.2 Å². The zero-order chi connectivity index (χ0) is 29.1. The fraction of sp³-hybridized carbons (Fsp3) is 0.226. The predicted molar refractivity (Wildman–Crippen MR) is 155 cm³/mol. The van der Waals surface area contributed by atoms with Crippen molar-refractivity contribution < 1.29 is 8.42 Å². The number of hydrogen-bond acceptors (Lipinski definition) is 6. The first kappa shape index (κ1) is 26.5. The SMILES string of the molecule is Cc1ccc(S(=O)(=O)n2cc(C3CC3)c3cc(Cc4c(C)cc(-n5nc(C#N)c(=O)[nH]c5=O)cc4C)ccc32)cc1. The Morgan fingerprint density at radius 3 is 2.32 bits per heavy atom. The predicted octanol–water partition coefficient (Wildman–Crippen LogP) is 4.38. The molecule has 41 heavy (non-hydrogen) atoms. The van der Waals surface area contributed by atoms with E-state index in [4.69, 9.17) is 5.26 Å². The van der Waals surface area contributed by atoms with Gasteiger partial charge in [-0.3, -0.25) is 9.78 Å². The Kier molecular flexibility index (Phi) is 6.27. The number of aromatic amines is 1. The van der Waals surface area contributed by atoms with Crippen molar-refractivity contribution in [3.05, 3.63) is 121 Å². The maximum Gasteiger partial charge on any atom is 0.349 e. The number of hydrogen-bond donors (Lipinski definition) is 1. The van der Waals surface area contributed by atoms with Gasteiger partial charge in [0.2, 0.25) is 5.69 Å². The van der Waals surface area contributed by atoms with Crippen LogP contribution in [0.2, 0.25) is 0 Å². The Morgan fingerprint density at radius 1 is 1.00 bits per heavy atom. The molecule has 206 valence electrons. The molecule has 10 heteroatoms. The number of rotatable bonds is 6. The molecule has 5 aromatic rings. The van der Waals surface area contributed by atoms with Gasteiger partial charge >= 0.3 is 5.69 Å². The molecule has 1 fully saturated rings. The lowest BCUT2D eigenvalue weighted by Gasteiger charge is -2.14. The molecule has 1 aliphatic carbocycles. The van der Waals surface area contributed by atoms with Gasteiger partial charge in [0.05, 0.1) is 16.1 Å². The molecule has 0 radical (unpaired) electrons. The molecule has 1 saturated carbocycles. The average Bonchev–Trinajstić information content (AvgIpc) is 3.70. The highest BCUT2D eigenvalue weighted by Crippen LogP contribution is 2.45. The van der Waals surface area contributed by atoms with Crippen molar-refractivity contribution in [2.24, 2.45) is 0 Å². The van der Waals surface area contributed by atoms with Gasteiger partial charge in [-0.05, 0) is 110 Å². The largest absolute Gasteiger partial charge is 0.349 e. The normalized spacial score (nSPS) is 13.4. The minimum absolute atomic E-state index is 0.260. The summed E-state index contributed by atoms with van der Waals surface area (Å²) in [6.45, 7) is 5.80. The molecule has 0 unspecified atom stereocenters. The van der Waals surface area contributed by atoms with Crippen molar-refractivity contribution in [2.45, 2.75) is 50.8 Å². The van der Waals surface area contributed by atoms with E-state index in [9.17, 15) is 18.0 Å². The first-order valence-corrected chi connectivity index (χ1v) is 14.7. The molecule has 1 aliphatic rings. The van der Waals surface area contributed by atoms with E-state index in [-0.39, 0.29) is 10.6 Å². The van der Waals surface area contributed by atoms with Crippen molar-refractivity contribution in [1.29, 1.82) is 5.26 Å². The molecule has 0 spiro atoms. The van der Waals surface area contributed by atoms with Gasteiger partial charge in [0.25, 0.3) is 15.6 Å². The van der Waals surface area contributed by atoms with Crippen LogP contribution in [0.5, 0.6) is 0 Å². The summed E-state index contributed by atoms with van der Waals surface area (Å²) in [5.41, 5.74) is 5.17. The quantitative estimate of drug-likeness (QED) is 0.325. The number of fused-ring (bicyclic) bond motifs is 1. The fourth-order valence-electron chi connectivity index (χ4n) is 5.35. The first-order valence-electron chi connectivity index (χ1n) is 13.3. The molecule has 0 atom stereocenters. The Bertz CT molecular complexity index is 2100. The van der Waals surface area contributed by atoms with Gasteiger partial charge in [-0.1, -0.05) is 23.8 Å². The number of aryl methyl sites for hydroxylation is 3. The lowest BCUT2D eigenvalue weighted by atomic mass is 9.94. The smallest absolute Gasteiger partial charge is 0.270 e. The third kappa shape index (κ3) is 4.68. The van der Waals surface area contributed by atoms with Gasteiger partial charge in [0, 0.05) is 11.6 Å². The average molecular weight is 566 g/mol. The van der Waals surface area contributed by atoms with Crippen molar-refractivity contribution >= 4 is 20.9 Å². The van der Waals surface area contributed by atoms with Crippen LogP contribution in [0.4, 0.5) is 0 Å². The zero-order valence-electron chi connectivity index (χ0n) is 22.8.